The number of carboxylic acids is 1. The molecule has 0 aromatic heterocycles. The Morgan fingerprint density at radius 3 is 2.10 bits per heavy atom. The van der Waals surface area contributed by atoms with Crippen LogP contribution in [-0.4, -0.2) is 11.1 Å². The highest BCUT2D eigenvalue weighted by atomic mass is 19.1. The molecule has 0 aromatic carbocycles. The molecule has 0 rings (SSSR count). The second kappa shape index (κ2) is 13.5. The van der Waals surface area contributed by atoms with E-state index in [1.165, 1.54) is 25.3 Å². The number of rotatable bonds is 12. The topological polar surface area (TPSA) is 37.3 Å². The van der Waals surface area contributed by atoms with E-state index in [-0.39, 0.29) is 6.42 Å². The Morgan fingerprint density at radius 1 is 0.952 bits per heavy atom. The van der Waals surface area contributed by atoms with Crippen LogP contribution < -0.4 is 0 Å². The zero-order valence-corrected chi connectivity index (χ0v) is 12.8. The van der Waals surface area contributed by atoms with Crippen molar-refractivity contribution in [3.05, 3.63) is 36.0 Å². The molecule has 21 heavy (non-hydrogen) atoms. The third-order valence-corrected chi connectivity index (χ3v) is 3.01. The maximum atomic E-state index is 13.2. The molecule has 4 heteroatoms. The molecule has 0 unspecified atom stereocenters. The molecule has 0 fully saturated rings. The molecule has 120 valence electrons. The lowest BCUT2D eigenvalue weighted by Crippen LogP contribution is -1.94. The molecule has 0 radical (unpaired) electrons. The Bertz CT molecular complexity index is 371. The lowest BCUT2D eigenvalue weighted by Gasteiger charge is -1.96. The number of carboxylic acid groups (broad SMARTS) is 1. The second-order valence-corrected chi connectivity index (χ2v) is 4.96. The van der Waals surface area contributed by atoms with Crippen LogP contribution in [0.25, 0.3) is 0 Å². The van der Waals surface area contributed by atoms with Crippen LogP contribution in [0.1, 0.15) is 64.7 Å². The lowest BCUT2D eigenvalue weighted by molar-refractivity contribution is -0.134. The highest BCUT2D eigenvalue weighted by Gasteiger charge is 2.04. The minimum absolute atomic E-state index is 0.296. The molecule has 0 aromatic rings. The summed E-state index contributed by atoms with van der Waals surface area (Å²) in [6.45, 7) is 2.18. The Balaban J connectivity index is 3.62. The van der Waals surface area contributed by atoms with Crippen LogP contribution >= 0.6 is 0 Å². The summed E-state index contributed by atoms with van der Waals surface area (Å²) in [6, 6.07) is 0. The van der Waals surface area contributed by atoms with Gasteiger partial charge in [0.25, 0.3) is 0 Å². The molecule has 0 spiro atoms. The normalized spacial score (nSPS) is 13.1. The third-order valence-electron chi connectivity index (χ3n) is 3.01. The Kier molecular flexibility index (Phi) is 12.6. The number of allylic oxidation sites excluding steroid dienone is 5. The summed E-state index contributed by atoms with van der Waals surface area (Å²) < 4.78 is 25.8. The number of carbonyl (C=O) groups is 1. The highest BCUT2D eigenvalue weighted by molar-refractivity contribution is 5.83. The molecule has 0 heterocycles. The van der Waals surface area contributed by atoms with E-state index in [1.807, 2.05) is 0 Å². The number of unbranched alkanes of at least 4 members (excludes halogenated alkanes) is 6. The molecule has 0 aliphatic rings. The van der Waals surface area contributed by atoms with Crippen molar-refractivity contribution in [1.29, 1.82) is 0 Å². The predicted molar refractivity (Wildman–Crippen MR) is 82.4 cm³/mol. The molecule has 0 saturated carbocycles. The molecular weight excluding hydrogens is 274 g/mol. The Hall–Kier alpha value is -1.45. The summed E-state index contributed by atoms with van der Waals surface area (Å²) in [7, 11) is 0. The largest absolute Gasteiger partial charge is 0.476 e. The van der Waals surface area contributed by atoms with E-state index in [0.717, 1.165) is 31.8 Å². The molecule has 0 atom stereocenters. The van der Waals surface area contributed by atoms with Crippen molar-refractivity contribution in [2.75, 3.05) is 0 Å². The van der Waals surface area contributed by atoms with Crippen LogP contribution in [0.15, 0.2) is 36.0 Å². The number of hydrogen-bond acceptors (Lipinski definition) is 1. The van der Waals surface area contributed by atoms with Gasteiger partial charge in [-0.3, -0.25) is 0 Å². The first kappa shape index (κ1) is 19.6. The monoisotopic (exact) mass is 300 g/mol. The fourth-order valence-electron chi connectivity index (χ4n) is 1.77. The molecule has 0 aliphatic heterocycles. The summed E-state index contributed by atoms with van der Waals surface area (Å²) in [5.74, 6) is -3.46. The van der Waals surface area contributed by atoms with Crippen molar-refractivity contribution >= 4 is 5.97 Å². The third kappa shape index (κ3) is 13.3. The number of hydrogen-bond donors (Lipinski definition) is 1. The molecule has 0 saturated heterocycles. The highest BCUT2D eigenvalue weighted by Crippen LogP contribution is 2.11. The van der Waals surface area contributed by atoms with Crippen molar-refractivity contribution < 1.29 is 18.7 Å². The van der Waals surface area contributed by atoms with E-state index in [2.05, 4.69) is 19.1 Å². The average Bonchev–Trinajstić information content (AvgIpc) is 2.46. The maximum Gasteiger partial charge on any atom is 0.364 e. The minimum Gasteiger partial charge on any atom is -0.476 e. The van der Waals surface area contributed by atoms with Gasteiger partial charge in [-0.15, -0.1) is 0 Å². The summed E-state index contributed by atoms with van der Waals surface area (Å²) in [6.07, 6.45) is 14.5. The fraction of sp³-hybridized carbons (Fsp3) is 0.588. The SMILES string of the molecule is CCCCCC=CCCCCC=C(F)CC=C(F)C(=O)O. The molecule has 1 N–H and O–H groups in total. The van der Waals surface area contributed by atoms with E-state index < -0.39 is 17.6 Å². The first-order valence-electron chi connectivity index (χ1n) is 7.66. The van der Waals surface area contributed by atoms with Gasteiger partial charge in [0.1, 0.15) is 0 Å². The van der Waals surface area contributed by atoms with Crippen molar-refractivity contribution in [1.82, 2.24) is 0 Å². The van der Waals surface area contributed by atoms with Gasteiger partial charge in [-0.1, -0.05) is 38.0 Å². The van der Waals surface area contributed by atoms with Gasteiger partial charge in [-0.05, 0) is 44.6 Å². The van der Waals surface area contributed by atoms with Crippen LogP contribution in [0, 0.1) is 0 Å². The Morgan fingerprint density at radius 2 is 1.52 bits per heavy atom. The summed E-state index contributed by atoms with van der Waals surface area (Å²) in [4.78, 5) is 10.2. The second-order valence-electron chi connectivity index (χ2n) is 4.96. The molecule has 0 amide bonds. The van der Waals surface area contributed by atoms with Crippen LogP contribution in [0.5, 0.6) is 0 Å². The summed E-state index contributed by atoms with van der Waals surface area (Å²) in [5, 5.41) is 8.27. The summed E-state index contributed by atoms with van der Waals surface area (Å²) in [5.41, 5.74) is 0. The van der Waals surface area contributed by atoms with Crippen molar-refractivity contribution in [3.8, 4) is 0 Å². The molecule has 2 nitrogen and oxygen atoms in total. The average molecular weight is 300 g/mol. The quantitative estimate of drug-likeness (QED) is 0.278. The first-order valence-corrected chi connectivity index (χ1v) is 7.66. The van der Waals surface area contributed by atoms with Crippen molar-refractivity contribution in [2.24, 2.45) is 0 Å². The van der Waals surface area contributed by atoms with Crippen LogP contribution in [-0.2, 0) is 4.79 Å². The van der Waals surface area contributed by atoms with Gasteiger partial charge in [0.2, 0.25) is 5.83 Å². The zero-order chi connectivity index (χ0) is 15.9. The van der Waals surface area contributed by atoms with Gasteiger partial charge in [-0.25, -0.2) is 9.18 Å². The van der Waals surface area contributed by atoms with Gasteiger partial charge in [-0.2, -0.15) is 4.39 Å². The number of aliphatic carboxylic acids is 1. The van der Waals surface area contributed by atoms with E-state index in [0.29, 0.717) is 6.42 Å². The van der Waals surface area contributed by atoms with E-state index in [4.69, 9.17) is 5.11 Å². The van der Waals surface area contributed by atoms with E-state index >= 15 is 0 Å². The zero-order valence-electron chi connectivity index (χ0n) is 12.8. The van der Waals surface area contributed by atoms with Gasteiger partial charge >= 0.3 is 5.97 Å². The number of halogens is 2. The van der Waals surface area contributed by atoms with Crippen molar-refractivity contribution in [3.63, 3.8) is 0 Å². The minimum atomic E-state index is -1.66. The predicted octanol–water partition coefficient (Wildman–Crippen LogP) is 5.86. The van der Waals surface area contributed by atoms with Crippen molar-refractivity contribution in [2.45, 2.75) is 64.7 Å². The van der Waals surface area contributed by atoms with E-state index in [9.17, 15) is 13.6 Å². The van der Waals surface area contributed by atoms with Gasteiger partial charge in [0, 0.05) is 6.42 Å². The van der Waals surface area contributed by atoms with Gasteiger partial charge < -0.3 is 5.11 Å². The molecule has 0 bridgehead atoms. The van der Waals surface area contributed by atoms with Gasteiger partial charge in [0.05, 0.1) is 5.83 Å². The lowest BCUT2D eigenvalue weighted by atomic mass is 10.1. The Labute approximate surface area is 126 Å². The van der Waals surface area contributed by atoms with E-state index in [1.54, 1.807) is 0 Å². The fourth-order valence-corrected chi connectivity index (χ4v) is 1.77. The summed E-state index contributed by atoms with van der Waals surface area (Å²) >= 11 is 0. The van der Waals surface area contributed by atoms with Crippen LogP contribution in [0.4, 0.5) is 8.78 Å². The van der Waals surface area contributed by atoms with Crippen LogP contribution in [0.3, 0.4) is 0 Å². The van der Waals surface area contributed by atoms with Crippen LogP contribution in [0.2, 0.25) is 0 Å². The first-order chi connectivity index (χ1) is 10.1. The standard InChI is InChI=1S/C17H26F2O2/c1-2-3-4-5-6-7-8-9-10-11-12-15(18)13-14-16(19)17(20)21/h6-7,12,14H,2-5,8-11,13H2,1H3,(H,20,21). The molecule has 0 aliphatic carbocycles. The smallest absolute Gasteiger partial charge is 0.364 e. The van der Waals surface area contributed by atoms with Gasteiger partial charge in [0.15, 0.2) is 0 Å². The maximum absolute atomic E-state index is 13.2. The molecular formula is C17H26F2O2.